The number of alkyl halides is 1. The molecule has 4 atom stereocenters. The highest BCUT2D eigenvalue weighted by atomic mass is 19.1. The number of aliphatic hydroxyl groups excluding tert-OH is 2. The molecule has 0 aromatic rings. The number of halogens is 1. The van der Waals surface area contributed by atoms with Crippen LogP contribution in [0.3, 0.4) is 0 Å². The van der Waals surface area contributed by atoms with Crippen molar-refractivity contribution in [1.29, 1.82) is 0 Å². The molecule has 2 N–H and O–H groups in total. The van der Waals surface area contributed by atoms with E-state index in [1.165, 1.54) is 6.92 Å². The lowest BCUT2D eigenvalue weighted by atomic mass is 10.1. The molecule has 1 aliphatic heterocycles. The van der Waals surface area contributed by atoms with Crippen molar-refractivity contribution >= 4 is 0 Å². The first-order valence-corrected chi connectivity index (χ1v) is 3.74. The molecule has 1 saturated heterocycles. The lowest BCUT2D eigenvalue weighted by molar-refractivity contribution is -0.103. The second kappa shape index (κ2) is 3.47. The molecule has 1 rings (SSSR count). The minimum Gasteiger partial charge on any atom is -0.393 e. The molecule has 0 spiro atoms. The average molecular weight is 191 g/mol. The summed E-state index contributed by atoms with van der Waals surface area (Å²) in [6.45, 7) is 0.640. The highest BCUT2D eigenvalue weighted by Gasteiger charge is 2.53. The molecule has 0 saturated carbocycles. The molecule has 0 bridgehead atoms. The van der Waals surface area contributed by atoms with Gasteiger partial charge < -0.3 is 14.9 Å². The number of hydrogen-bond acceptors (Lipinski definition) is 4. The van der Waals surface area contributed by atoms with Crippen LogP contribution in [-0.4, -0.2) is 40.9 Å². The Kier molecular flexibility index (Phi) is 2.72. The Morgan fingerprint density at radius 2 is 2.38 bits per heavy atom. The van der Waals surface area contributed by atoms with Crippen LogP contribution >= 0.6 is 0 Å². The van der Waals surface area contributed by atoms with Crippen LogP contribution in [0.25, 0.3) is 10.4 Å². The second-order valence-corrected chi connectivity index (χ2v) is 2.90. The summed E-state index contributed by atoms with van der Waals surface area (Å²) in [4.78, 5) is 2.39. The predicted octanol–water partition coefficient (Wildman–Crippen LogP) is 0.103. The summed E-state index contributed by atoms with van der Waals surface area (Å²) in [5.41, 5.74) is 6.28. The van der Waals surface area contributed by atoms with Crippen molar-refractivity contribution in [2.45, 2.75) is 31.0 Å². The van der Waals surface area contributed by atoms with Crippen molar-refractivity contribution in [2.24, 2.45) is 5.11 Å². The molecule has 0 radical (unpaired) electrons. The second-order valence-electron chi connectivity index (χ2n) is 2.90. The van der Waals surface area contributed by atoms with Gasteiger partial charge in [-0.2, -0.15) is 0 Å². The maximum atomic E-state index is 13.0. The Bertz CT molecular complexity index is 245. The summed E-state index contributed by atoms with van der Waals surface area (Å²) < 4.78 is 17.9. The summed E-state index contributed by atoms with van der Waals surface area (Å²) in [5, 5.41) is 21.2. The highest BCUT2D eigenvalue weighted by molar-refractivity contribution is 4.99. The van der Waals surface area contributed by atoms with Crippen LogP contribution in [0.5, 0.6) is 0 Å². The molecule has 74 valence electrons. The summed E-state index contributed by atoms with van der Waals surface area (Å²) in [6.07, 6.45) is -4.17. The summed E-state index contributed by atoms with van der Waals surface area (Å²) in [5.74, 6) is 0. The van der Waals surface area contributed by atoms with Crippen LogP contribution in [-0.2, 0) is 4.74 Å². The smallest absolute Gasteiger partial charge is 0.198 e. The van der Waals surface area contributed by atoms with Crippen LogP contribution in [0.4, 0.5) is 4.39 Å². The number of azide groups is 1. The lowest BCUT2D eigenvalue weighted by Crippen LogP contribution is -2.43. The predicted molar refractivity (Wildman–Crippen MR) is 40.4 cm³/mol. The highest BCUT2D eigenvalue weighted by Crippen LogP contribution is 2.33. The molecule has 1 heterocycles. The third-order valence-corrected chi connectivity index (χ3v) is 2.04. The zero-order chi connectivity index (χ0) is 10.1. The van der Waals surface area contributed by atoms with Gasteiger partial charge in [-0.05, 0) is 12.5 Å². The van der Waals surface area contributed by atoms with E-state index in [1.807, 2.05) is 0 Å². The van der Waals surface area contributed by atoms with Gasteiger partial charge in [0.05, 0.1) is 12.7 Å². The van der Waals surface area contributed by atoms with Crippen molar-refractivity contribution < 1.29 is 19.3 Å². The van der Waals surface area contributed by atoms with E-state index in [4.69, 9.17) is 15.4 Å². The van der Waals surface area contributed by atoms with E-state index in [0.717, 1.165) is 0 Å². The topological polar surface area (TPSA) is 98.5 Å². The van der Waals surface area contributed by atoms with Crippen molar-refractivity contribution in [1.82, 2.24) is 0 Å². The quantitative estimate of drug-likeness (QED) is 0.368. The summed E-state index contributed by atoms with van der Waals surface area (Å²) >= 11 is 0. The normalized spacial score (nSPS) is 44.5. The monoisotopic (exact) mass is 191 g/mol. The van der Waals surface area contributed by atoms with Crippen molar-refractivity contribution in [3.63, 3.8) is 0 Å². The largest absolute Gasteiger partial charge is 0.393 e. The fourth-order valence-electron chi connectivity index (χ4n) is 1.28. The fraction of sp³-hybridized carbons (Fsp3) is 1.00. The van der Waals surface area contributed by atoms with Crippen molar-refractivity contribution in [3.8, 4) is 0 Å². The van der Waals surface area contributed by atoms with E-state index < -0.39 is 30.7 Å². The van der Waals surface area contributed by atoms with Gasteiger partial charge in [-0.15, -0.1) is 0 Å². The van der Waals surface area contributed by atoms with E-state index in [2.05, 4.69) is 10.0 Å². The zero-order valence-corrected chi connectivity index (χ0v) is 6.96. The third-order valence-electron chi connectivity index (χ3n) is 2.04. The van der Waals surface area contributed by atoms with E-state index in [0.29, 0.717) is 0 Å². The van der Waals surface area contributed by atoms with Gasteiger partial charge >= 0.3 is 0 Å². The number of hydrogen-bond donors (Lipinski definition) is 2. The molecule has 0 aromatic carbocycles. The molecule has 6 nitrogen and oxygen atoms in total. The number of nitrogens with zero attached hydrogens (tertiary/aromatic N) is 3. The Morgan fingerprint density at radius 3 is 2.69 bits per heavy atom. The van der Waals surface area contributed by atoms with Crippen LogP contribution in [0.1, 0.15) is 6.92 Å². The molecule has 1 unspecified atom stereocenters. The fourth-order valence-corrected chi connectivity index (χ4v) is 1.28. The van der Waals surface area contributed by atoms with Crippen LogP contribution in [0, 0.1) is 0 Å². The van der Waals surface area contributed by atoms with Gasteiger partial charge in [-0.3, -0.25) is 0 Å². The first-order valence-electron chi connectivity index (χ1n) is 3.74. The number of aliphatic hydroxyl groups is 2. The molecule has 0 amide bonds. The Labute approximate surface area is 73.6 Å². The molecule has 7 heteroatoms. The zero-order valence-electron chi connectivity index (χ0n) is 6.96. The molecule has 13 heavy (non-hydrogen) atoms. The maximum Gasteiger partial charge on any atom is 0.198 e. The third kappa shape index (κ3) is 1.47. The van der Waals surface area contributed by atoms with Crippen molar-refractivity contribution in [3.05, 3.63) is 10.4 Å². The minimum absolute atomic E-state index is 0.747. The summed E-state index contributed by atoms with van der Waals surface area (Å²) in [7, 11) is 0. The molecule has 0 aliphatic carbocycles. The van der Waals surface area contributed by atoms with Gasteiger partial charge in [0.2, 0.25) is 0 Å². The van der Waals surface area contributed by atoms with E-state index in [1.54, 1.807) is 0 Å². The first-order chi connectivity index (χ1) is 6.07. The van der Waals surface area contributed by atoms with E-state index >= 15 is 0 Å². The summed E-state index contributed by atoms with van der Waals surface area (Å²) in [6, 6.07) is 0. The number of rotatable bonds is 2. The van der Waals surface area contributed by atoms with Gasteiger partial charge in [-0.25, -0.2) is 4.39 Å². The average Bonchev–Trinajstić information content (AvgIpc) is 2.32. The molecule has 1 aliphatic rings. The Hall–Kier alpha value is -0.880. The molecular formula is C6H10FN3O3. The Balaban J connectivity index is 2.95. The van der Waals surface area contributed by atoms with Gasteiger partial charge in [0.15, 0.2) is 11.9 Å². The minimum atomic E-state index is -1.87. The van der Waals surface area contributed by atoms with Crippen LogP contribution < -0.4 is 0 Å². The van der Waals surface area contributed by atoms with Gasteiger partial charge in [0.1, 0.15) is 6.10 Å². The SMILES string of the molecule is CC1O[C@@](CO)(N=[N+]=[N-])[C@@H](O)[C@@H]1F. The lowest BCUT2D eigenvalue weighted by Gasteiger charge is -2.23. The van der Waals surface area contributed by atoms with Crippen molar-refractivity contribution in [2.75, 3.05) is 6.61 Å². The molecule has 1 fully saturated rings. The number of ether oxygens (including phenoxy) is 1. The maximum absolute atomic E-state index is 13.0. The standard InChI is InChI=1S/C6H10FN3O3/c1-3-4(7)5(12)6(2-11,13-3)9-10-8/h3-5,11-12H,2H2,1H3/t3?,4-,5+,6-/m1/s1. The van der Waals surface area contributed by atoms with Crippen LogP contribution in [0.2, 0.25) is 0 Å². The Morgan fingerprint density at radius 1 is 1.77 bits per heavy atom. The molecular weight excluding hydrogens is 181 g/mol. The van der Waals surface area contributed by atoms with Crippen LogP contribution in [0.15, 0.2) is 5.11 Å². The van der Waals surface area contributed by atoms with Gasteiger partial charge in [0.25, 0.3) is 0 Å². The van der Waals surface area contributed by atoms with Gasteiger partial charge in [0, 0.05) is 4.91 Å². The van der Waals surface area contributed by atoms with Gasteiger partial charge in [-0.1, -0.05) is 5.11 Å². The van der Waals surface area contributed by atoms with E-state index in [9.17, 15) is 9.50 Å². The molecule has 0 aromatic heterocycles. The van der Waals surface area contributed by atoms with E-state index in [-0.39, 0.29) is 0 Å². The first kappa shape index (κ1) is 10.2.